The smallest absolute Gasteiger partial charge is 0.275 e. The summed E-state index contributed by atoms with van der Waals surface area (Å²) >= 11 is 0. The van der Waals surface area contributed by atoms with Crippen molar-refractivity contribution in [1.82, 2.24) is 9.78 Å². The summed E-state index contributed by atoms with van der Waals surface area (Å²) in [7, 11) is 1.59. The number of nitrogens with zero attached hydrogens (tertiary/aromatic N) is 1. The van der Waals surface area contributed by atoms with E-state index in [9.17, 15) is 9.90 Å². The number of H-pyrrole nitrogens is 1. The van der Waals surface area contributed by atoms with E-state index in [1.807, 2.05) is 31.2 Å². The summed E-state index contributed by atoms with van der Waals surface area (Å²) in [5, 5.41) is 12.2. The molecule has 1 aromatic heterocycles. The van der Waals surface area contributed by atoms with Gasteiger partial charge in [0.2, 0.25) is 5.88 Å². The maximum absolute atomic E-state index is 11.5. The molecule has 0 unspecified atom stereocenters. The molecule has 0 radical (unpaired) electrons. The molecule has 4 heteroatoms. The third kappa shape index (κ3) is 1.54. The summed E-state index contributed by atoms with van der Waals surface area (Å²) in [5.74, 6) is -0.0381. The molecule has 0 spiro atoms. The van der Waals surface area contributed by atoms with Crippen LogP contribution in [0.4, 0.5) is 0 Å². The normalized spacial score (nSPS) is 10.5. The average Bonchev–Trinajstić information content (AvgIpc) is 2.44. The van der Waals surface area contributed by atoms with Crippen LogP contribution >= 0.6 is 0 Å². The Morgan fingerprint density at radius 2 is 1.87 bits per heavy atom. The van der Waals surface area contributed by atoms with E-state index in [0.29, 0.717) is 5.56 Å². The summed E-state index contributed by atoms with van der Waals surface area (Å²) in [4.78, 5) is 11.5. The number of aromatic amines is 1. The molecule has 0 saturated carbocycles. The zero-order valence-corrected chi connectivity index (χ0v) is 8.61. The first-order valence-corrected chi connectivity index (χ1v) is 4.64. The van der Waals surface area contributed by atoms with Gasteiger partial charge in [-0.1, -0.05) is 29.8 Å². The Morgan fingerprint density at radius 3 is 2.33 bits per heavy atom. The summed E-state index contributed by atoms with van der Waals surface area (Å²) in [5.41, 5.74) is 1.88. The van der Waals surface area contributed by atoms with Crippen LogP contribution in [0, 0.1) is 6.92 Å². The van der Waals surface area contributed by atoms with E-state index < -0.39 is 0 Å². The molecular weight excluding hydrogens is 192 g/mol. The molecule has 0 amide bonds. The minimum absolute atomic E-state index is 0.0381. The second kappa shape index (κ2) is 3.31. The lowest BCUT2D eigenvalue weighted by Crippen LogP contribution is -2.03. The summed E-state index contributed by atoms with van der Waals surface area (Å²) < 4.78 is 1.30. The molecule has 1 heterocycles. The highest BCUT2D eigenvalue weighted by Gasteiger charge is 2.13. The third-order valence-electron chi connectivity index (χ3n) is 2.38. The van der Waals surface area contributed by atoms with Gasteiger partial charge in [0.05, 0.1) is 0 Å². The summed E-state index contributed by atoms with van der Waals surface area (Å²) in [6.45, 7) is 1.97. The molecule has 1 aromatic carbocycles. The molecule has 0 aliphatic rings. The van der Waals surface area contributed by atoms with Crippen molar-refractivity contribution in [3.8, 4) is 17.0 Å². The van der Waals surface area contributed by atoms with Gasteiger partial charge in [-0.15, -0.1) is 0 Å². The highest BCUT2D eigenvalue weighted by Crippen LogP contribution is 2.24. The lowest BCUT2D eigenvalue weighted by molar-refractivity contribution is 0.420. The number of benzene rings is 1. The van der Waals surface area contributed by atoms with Gasteiger partial charge in [0.1, 0.15) is 5.56 Å². The SMILES string of the molecule is Cc1ccc(-c2c(O)n(C)[nH]c2=O)cc1. The quantitative estimate of drug-likeness (QED) is 0.737. The van der Waals surface area contributed by atoms with Crippen LogP contribution in [0.2, 0.25) is 0 Å². The van der Waals surface area contributed by atoms with Crippen molar-refractivity contribution in [1.29, 1.82) is 0 Å². The van der Waals surface area contributed by atoms with Gasteiger partial charge in [-0.2, -0.15) is 0 Å². The molecule has 2 rings (SSSR count). The van der Waals surface area contributed by atoms with Gasteiger partial charge in [-0.25, -0.2) is 0 Å². The largest absolute Gasteiger partial charge is 0.493 e. The molecule has 15 heavy (non-hydrogen) atoms. The number of aromatic hydroxyl groups is 1. The molecule has 4 nitrogen and oxygen atoms in total. The maximum Gasteiger partial charge on any atom is 0.275 e. The second-order valence-corrected chi connectivity index (χ2v) is 3.56. The molecule has 0 bridgehead atoms. The molecule has 0 saturated heterocycles. The maximum atomic E-state index is 11.5. The third-order valence-corrected chi connectivity index (χ3v) is 2.38. The lowest BCUT2D eigenvalue weighted by atomic mass is 10.1. The van der Waals surface area contributed by atoms with Crippen molar-refractivity contribution in [3.05, 3.63) is 40.2 Å². The van der Waals surface area contributed by atoms with Crippen LogP contribution in [-0.2, 0) is 7.05 Å². The van der Waals surface area contributed by atoms with Crippen molar-refractivity contribution in [3.63, 3.8) is 0 Å². The molecule has 0 atom stereocenters. The Bertz CT molecular complexity index is 535. The van der Waals surface area contributed by atoms with Gasteiger partial charge in [-0.05, 0) is 12.5 Å². The van der Waals surface area contributed by atoms with Gasteiger partial charge in [0, 0.05) is 7.05 Å². The topological polar surface area (TPSA) is 58.0 Å². The van der Waals surface area contributed by atoms with Gasteiger partial charge in [0.15, 0.2) is 0 Å². The Kier molecular flexibility index (Phi) is 2.11. The van der Waals surface area contributed by atoms with E-state index in [0.717, 1.165) is 11.1 Å². The summed E-state index contributed by atoms with van der Waals surface area (Å²) in [6.07, 6.45) is 0. The lowest BCUT2D eigenvalue weighted by Gasteiger charge is -1.99. The van der Waals surface area contributed by atoms with Crippen molar-refractivity contribution >= 4 is 0 Å². The second-order valence-electron chi connectivity index (χ2n) is 3.56. The van der Waals surface area contributed by atoms with Crippen molar-refractivity contribution in [2.24, 2.45) is 7.05 Å². The van der Waals surface area contributed by atoms with E-state index in [2.05, 4.69) is 5.10 Å². The standard InChI is InChI=1S/C11H12N2O2/c1-7-3-5-8(6-4-7)9-10(14)12-13(2)11(9)15/h3-6,15H,1-2H3,(H,12,14). The Morgan fingerprint density at radius 1 is 1.27 bits per heavy atom. The fourth-order valence-corrected chi connectivity index (χ4v) is 1.51. The first-order valence-electron chi connectivity index (χ1n) is 4.64. The Hall–Kier alpha value is -1.97. The molecule has 0 fully saturated rings. The van der Waals surface area contributed by atoms with E-state index in [4.69, 9.17) is 0 Å². The van der Waals surface area contributed by atoms with Crippen LogP contribution < -0.4 is 5.56 Å². The van der Waals surface area contributed by atoms with E-state index in [-0.39, 0.29) is 11.4 Å². The first kappa shape index (κ1) is 9.58. The van der Waals surface area contributed by atoms with Crippen LogP contribution in [0.25, 0.3) is 11.1 Å². The predicted octanol–water partition coefficient (Wildman–Crippen LogP) is 1.39. The Balaban J connectivity index is 2.64. The number of hydrogen-bond donors (Lipinski definition) is 2. The average molecular weight is 204 g/mol. The van der Waals surface area contributed by atoms with Crippen molar-refractivity contribution < 1.29 is 5.11 Å². The van der Waals surface area contributed by atoms with Gasteiger partial charge < -0.3 is 5.11 Å². The minimum Gasteiger partial charge on any atom is -0.493 e. The molecule has 2 N–H and O–H groups in total. The fourth-order valence-electron chi connectivity index (χ4n) is 1.51. The minimum atomic E-state index is -0.279. The van der Waals surface area contributed by atoms with Crippen LogP contribution in [0.3, 0.4) is 0 Å². The van der Waals surface area contributed by atoms with Crippen LogP contribution in [0.1, 0.15) is 5.56 Å². The van der Waals surface area contributed by atoms with Gasteiger partial charge in [0.25, 0.3) is 5.56 Å². The fraction of sp³-hybridized carbons (Fsp3) is 0.182. The number of aromatic nitrogens is 2. The highest BCUT2D eigenvalue weighted by molar-refractivity contribution is 5.67. The van der Waals surface area contributed by atoms with E-state index in [1.54, 1.807) is 7.05 Å². The molecule has 0 aliphatic heterocycles. The highest BCUT2D eigenvalue weighted by atomic mass is 16.3. The molecular formula is C11H12N2O2. The number of rotatable bonds is 1. The zero-order chi connectivity index (χ0) is 11.0. The predicted molar refractivity (Wildman–Crippen MR) is 57.9 cm³/mol. The number of aryl methyl sites for hydroxylation is 2. The monoisotopic (exact) mass is 204 g/mol. The van der Waals surface area contributed by atoms with E-state index >= 15 is 0 Å². The zero-order valence-electron chi connectivity index (χ0n) is 8.61. The van der Waals surface area contributed by atoms with Crippen LogP contribution in [-0.4, -0.2) is 14.9 Å². The van der Waals surface area contributed by atoms with Crippen molar-refractivity contribution in [2.45, 2.75) is 6.92 Å². The number of nitrogens with one attached hydrogen (secondary N) is 1. The Labute approximate surface area is 86.8 Å². The van der Waals surface area contributed by atoms with Gasteiger partial charge in [-0.3, -0.25) is 14.6 Å². The van der Waals surface area contributed by atoms with Crippen LogP contribution in [0.5, 0.6) is 5.88 Å². The van der Waals surface area contributed by atoms with Gasteiger partial charge >= 0.3 is 0 Å². The number of hydrogen-bond acceptors (Lipinski definition) is 2. The van der Waals surface area contributed by atoms with E-state index in [1.165, 1.54) is 4.68 Å². The molecule has 2 aromatic rings. The summed E-state index contributed by atoms with van der Waals surface area (Å²) in [6, 6.07) is 7.45. The van der Waals surface area contributed by atoms with Crippen LogP contribution in [0.15, 0.2) is 29.1 Å². The molecule has 0 aliphatic carbocycles. The first-order chi connectivity index (χ1) is 7.09. The molecule has 78 valence electrons. The van der Waals surface area contributed by atoms with Crippen molar-refractivity contribution in [2.75, 3.05) is 0 Å².